The zero-order valence-corrected chi connectivity index (χ0v) is 12.6. The van der Waals surface area contributed by atoms with E-state index < -0.39 is 0 Å². The second-order valence-electron chi connectivity index (χ2n) is 5.02. The third-order valence-corrected chi connectivity index (χ3v) is 3.32. The van der Waals surface area contributed by atoms with Crippen molar-refractivity contribution in [2.45, 2.75) is 19.8 Å². The highest BCUT2D eigenvalue weighted by Crippen LogP contribution is 2.16. The van der Waals surface area contributed by atoms with E-state index in [1.807, 2.05) is 0 Å². The van der Waals surface area contributed by atoms with Gasteiger partial charge in [-0.25, -0.2) is 0 Å². The standard InChI is InChI=1S/C13H24N6O/c1-4-6-14-11-15-12(17-13(16-11)20-3)19-8-5-7-18(2)9-10-19/h4-10H2,1-3H3,(H,14,15,16,17). The van der Waals surface area contributed by atoms with E-state index >= 15 is 0 Å². The van der Waals surface area contributed by atoms with E-state index in [0.29, 0.717) is 17.9 Å². The maximum atomic E-state index is 5.18. The van der Waals surface area contributed by atoms with E-state index in [-0.39, 0.29) is 0 Å². The fraction of sp³-hybridized carbons (Fsp3) is 0.769. The molecule has 7 nitrogen and oxygen atoms in total. The third kappa shape index (κ3) is 3.93. The number of aromatic nitrogens is 3. The first-order valence-corrected chi connectivity index (χ1v) is 7.20. The molecule has 20 heavy (non-hydrogen) atoms. The van der Waals surface area contributed by atoms with Crippen molar-refractivity contribution in [3.63, 3.8) is 0 Å². The second-order valence-corrected chi connectivity index (χ2v) is 5.02. The summed E-state index contributed by atoms with van der Waals surface area (Å²) in [4.78, 5) is 17.6. The summed E-state index contributed by atoms with van der Waals surface area (Å²) >= 11 is 0. The van der Waals surface area contributed by atoms with Gasteiger partial charge in [0.2, 0.25) is 11.9 Å². The molecule has 0 aliphatic carbocycles. The Morgan fingerprint density at radius 2 is 2.00 bits per heavy atom. The number of methoxy groups -OCH3 is 1. The van der Waals surface area contributed by atoms with Gasteiger partial charge < -0.3 is 19.9 Å². The summed E-state index contributed by atoms with van der Waals surface area (Å²) in [5.41, 5.74) is 0. The Labute approximate surface area is 120 Å². The highest BCUT2D eigenvalue weighted by molar-refractivity contribution is 5.38. The molecule has 0 atom stereocenters. The molecule has 1 saturated heterocycles. The van der Waals surface area contributed by atoms with Crippen LogP contribution in [-0.4, -0.2) is 66.7 Å². The number of rotatable bonds is 5. The lowest BCUT2D eigenvalue weighted by atomic mass is 10.4. The van der Waals surface area contributed by atoms with Gasteiger partial charge in [-0.15, -0.1) is 0 Å². The Morgan fingerprint density at radius 1 is 1.15 bits per heavy atom. The van der Waals surface area contributed by atoms with Crippen molar-refractivity contribution < 1.29 is 4.74 Å². The summed E-state index contributed by atoms with van der Waals surface area (Å²) in [6, 6.07) is 0.367. The van der Waals surface area contributed by atoms with Gasteiger partial charge >= 0.3 is 6.01 Å². The molecular formula is C13H24N6O. The number of hydrogen-bond acceptors (Lipinski definition) is 7. The topological polar surface area (TPSA) is 66.4 Å². The molecular weight excluding hydrogens is 256 g/mol. The van der Waals surface area contributed by atoms with Crippen LogP contribution < -0.4 is 15.0 Å². The molecule has 7 heteroatoms. The minimum atomic E-state index is 0.367. The third-order valence-electron chi connectivity index (χ3n) is 3.32. The van der Waals surface area contributed by atoms with Crippen molar-refractivity contribution in [1.82, 2.24) is 19.9 Å². The summed E-state index contributed by atoms with van der Waals surface area (Å²) in [6.07, 6.45) is 2.14. The van der Waals surface area contributed by atoms with Gasteiger partial charge in [-0.2, -0.15) is 15.0 Å². The fourth-order valence-electron chi connectivity index (χ4n) is 2.14. The van der Waals surface area contributed by atoms with Crippen LogP contribution in [0.4, 0.5) is 11.9 Å². The Kier molecular flexibility index (Phi) is 5.34. The number of ether oxygens (including phenoxy) is 1. The van der Waals surface area contributed by atoms with Crippen LogP contribution in [0.2, 0.25) is 0 Å². The quantitative estimate of drug-likeness (QED) is 0.857. The summed E-state index contributed by atoms with van der Waals surface area (Å²) in [5.74, 6) is 1.29. The molecule has 0 radical (unpaired) electrons. The van der Waals surface area contributed by atoms with Crippen LogP contribution in [0.25, 0.3) is 0 Å². The van der Waals surface area contributed by atoms with Crippen LogP contribution in [0.5, 0.6) is 6.01 Å². The van der Waals surface area contributed by atoms with E-state index in [1.54, 1.807) is 7.11 Å². The Hall–Kier alpha value is -1.63. The zero-order chi connectivity index (χ0) is 14.4. The highest BCUT2D eigenvalue weighted by Gasteiger charge is 2.17. The normalized spacial score (nSPS) is 16.9. The number of nitrogens with one attached hydrogen (secondary N) is 1. The van der Waals surface area contributed by atoms with Gasteiger partial charge in [0.25, 0.3) is 0 Å². The summed E-state index contributed by atoms with van der Waals surface area (Å²) in [7, 11) is 3.73. The molecule has 112 valence electrons. The van der Waals surface area contributed by atoms with Crippen LogP contribution in [0.1, 0.15) is 19.8 Å². The van der Waals surface area contributed by atoms with Crippen molar-refractivity contribution in [3.8, 4) is 6.01 Å². The summed E-state index contributed by atoms with van der Waals surface area (Å²) < 4.78 is 5.18. The van der Waals surface area contributed by atoms with Gasteiger partial charge in [-0.1, -0.05) is 6.92 Å². The van der Waals surface area contributed by atoms with Crippen LogP contribution in [-0.2, 0) is 0 Å². The van der Waals surface area contributed by atoms with E-state index in [9.17, 15) is 0 Å². The van der Waals surface area contributed by atoms with Crippen LogP contribution in [0.3, 0.4) is 0 Å². The molecule has 2 rings (SSSR count). The first kappa shape index (κ1) is 14.8. The van der Waals surface area contributed by atoms with Crippen molar-refractivity contribution in [2.75, 3.05) is 57.1 Å². The molecule has 0 bridgehead atoms. The summed E-state index contributed by atoms with van der Waals surface area (Å²) in [6.45, 7) is 6.97. The first-order valence-electron chi connectivity index (χ1n) is 7.20. The maximum Gasteiger partial charge on any atom is 0.322 e. The van der Waals surface area contributed by atoms with Crippen LogP contribution in [0.15, 0.2) is 0 Å². The minimum absolute atomic E-state index is 0.367. The smallest absolute Gasteiger partial charge is 0.322 e. The van der Waals surface area contributed by atoms with E-state index in [0.717, 1.165) is 45.6 Å². The fourth-order valence-corrected chi connectivity index (χ4v) is 2.14. The zero-order valence-electron chi connectivity index (χ0n) is 12.6. The number of anilines is 2. The number of hydrogen-bond donors (Lipinski definition) is 1. The van der Waals surface area contributed by atoms with Gasteiger partial charge in [-0.05, 0) is 26.4 Å². The molecule has 1 aromatic rings. The lowest BCUT2D eigenvalue weighted by Gasteiger charge is -2.21. The van der Waals surface area contributed by atoms with Crippen molar-refractivity contribution >= 4 is 11.9 Å². The molecule has 0 aromatic carbocycles. The van der Waals surface area contributed by atoms with Gasteiger partial charge in [-0.3, -0.25) is 0 Å². The monoisotopic (exact) mass is 280 g/mol. The van der Waals surface area contributed by atoms with Crippen LogP contribution in [0, 0.1) is 0 Å². The van der Waals surface area contributed by atoms with Gasteiger partial charge in [0.1, 0.15) is 0 Å². The molecule has 0 saturated carbocycles. The number of nitrogens with zero attached hydrogens (tertiary/aromatic N) is 5. The molecule has 1 aromatic heterocycles. The maximum absolute atomic E-state index is 5.18. The Morgan fingerprint density at radius 3 is 2.75 bits per heavy atom. The molecule has 2 heterocycles. The molecule has 1 aliphatic rings. The second kappa shape index (κ2) is 7.23. The molecule has 1 aliphatic heterocycles. The predicted molar refractivity (Wildman–Crippen MR) is 79.5 cm³/mol. The Bertz CT molecular complexity index is 427. The van der Waals surface area contributed by atoms with Gasteiger partial charge in [0.15, 0.2) is 0 Å². The predicted octanol–water partition coefficient (Wildman–Crippen LogP) is 0.844. The highest BCUT2D eigenvalue weighted by atomic mass is 16.5. The van der Waals surface area contributed by atoms with Crippen LogP contribution >= 0.6 is 0 Å². The SMILES string of the molecule is CCCNc1nc(OC)nc(N2CCCN(C)CC2)n1. The van der Waals surface area contributed by atoms with E-state index in [4.69, 9.17) is 4.74 Å². The van der Waals surface area contributed by atoms with Crippen molar-refractivity contribution in [3.05, 3.63) is 0 Å². The lowest BCUT2D eigenvalue weighted by Crippen LogP contribution is -2.30. The van der Waals surface area contributed by atoms with Gasteiger partial charge in [0, 0.05) is 26.2 Å². The van der Waals surface area contributed by atoms with E-state index in [2.05, 4.69) is 44.0 Å². The molecule has 1 fully saturated rings. The van der Waals surface area contributed by atoms with Crippen molar-refractivity contribution in [1.29, 1.82) is 0 Å². The average molecular weight is 280 g/mol. The van der Waals surface area contributed by atoms with E-state index in [1.165, 1.54) is 0 Å². The molecule has 0 amide bonds. The summed E-state index contributed by atoms with van der Waals surface area (Å²) in [5, 5.41) is 3.19. The largest absolute Gasteiger partial charge is 0.467 e. The van der Waals surface area contributed by atoms with Gasteiger partial charge in [0.05, 0.1) is 7.11 Å². The first-order chi connectivity index (χ1) is 9.72. The number of likely N-dealkylation sites (N-methyl/N-ethyl adjacent to an activating group) is 1. The lowest BCUT2D eigenvalue weighted by molar-refractivity contribution is 0.359. The molecule has 0 unspecified atom stereocenters. The van der Waals surface area contributed by atoms with Crippen molar-refractivity contribution in [2.24, 2.45) is 0 Å². The Balaban J connectivity index is 2.16. The molecule has 1 N–H and O–H groups in total. The molecule has 0 spiro atoms. The average Bonchev–Trinajstić information content (AvgIpc) is 2.69. The minimum Gasteiger partial charge on any atom is -0.467 e.